The standard InChI is InChI=1S/C11H10ClN3O3/c1-6(16)7-5-15(11(18)14-10(7)17)8-3-2-4-13-9(8)12/h2-4,7H,5H2,1H3,(H,14,17,18). The molecule has 1 aliphatic heterocycles. The summed E-state index contributed by atoms with van der Waals surface area (Å²) in [7, 11) is 0. The van der Waals surface area contributed by atoms with Crippen molar-refractivity contribution in [2.45, 2.75) is 6.92 Å². The fraction of sp³-hybridized carbons (Fsp3) is 0.273. The van der Waals surface area contributed by atoms with Crippen LogP contribution in [0.3, 0.4) is 0 Å². The molecule has 18 heavy (non-hydrogen) atoms. The van der Waals surface area contributed by atoms with Gasteiger partial charge in [0.2, 0.25) is 5.91 Å². The SMILES string of the molecule is CC(=O)C1CN(c2cccnc2Cl)C(=O)NC1=O. The van der Waals surface area contributed by atoms with Gasteiger partial charge in [-0.3, -0.25) is 19.8 Å². The molecular formula is C11H10ClN3O3. The first kappa shape index (κ1) is 12.5. The van der Waals surface area contributed by atoms with Crippen LogP contribution in [0.1, 0.15) is 6.92 Å². The molecule has 0 saturated carbocycles. The van der Waals surface area contributed by atoms with Crippen molar-refractivity contribution < 1.29 is 14.4 Å². The monoisotopic (exact) mass is 267 g/mol. The summed E-state index contributed by atoms with van der Waals surface area (Å²) in [5.74, 6) is -1.76. The second kappa shape index (κ2) is 4.73. The first-order valence-electron chi connectivity index (χ1n) is 5.24. The molecule has 2 heterocycles. The van der Waals surface area contributed by atoms with Crippen molar-refractivity contribution >= 4 is 35.0 Å². The van der Waals surface area contributed by atoms with E-state index in [9.17, 15) is 14.4 Å². The second-order valence-electron chi connectivity index (χ2n) is 3.88. The number of carbonyl (C=O) groups is 3. The lowest BCUT2D eigenvalue weighted by Crippen LogP contribution is -2.56. The third-order valence-corrected chi connectivity index (χ3v) is 2.97. The van der Waals surface area contributed by atoms with Gasteiger partial charge in [0.1, 0.15) is 11.7 Å². The third kappa shape index (κ3) is 2.19. The van der Waals surface area contributed by atoms with E-state index < -0.39 is 17.9 Å². The van der Waals surface area contributed by atoms with Gasteiger partial charge in [0.05, 0.1) is 5.69 Å². The zero-order chi connectivity index (χ0) is 13.3. The van der Waals surface area contributed by atoms with Crippen LogP contribution in [0.25, 0.3) is 0 Å². The van der Waals surface area contributed by atoms with Gasteiger partial charge < -0.3 is 0 Å². The van der Waals surface area contributed by atoms with Gasteiger partial charge >= 0.3 is 6.03 Å². The van der Waals surface area contributed by atoms with Gasteiger partial charge in [-0.05, 0) is 19.1 Å². The van der Waals surface area contributed by atoms with E-state index in [1.54, 1.807) is 12.1 Å². The third-order valence-electron chi connectivity index (χ3n) is 2.68. The number of nitrogens with zero attached hydrogens (tertiary/aromatic N) is 2. The molecule has 1 saturated heterocycles. The van der Waals surface area contributed by atoms with Crippen molar-refractivity contribution in [1.29, 1.82) is 0 Å². The number of urea groups is 1. The van der Waals surface area contributed by atoms with Crippen LogP contribution >= 0.6 is 11.6 Å². The van der Waals surface area contributed by atoms with Crippen LogP contribution in [0.5, 0.6) is 0 Å². The number of nitrogens with one attached hydrogen (secondary N) is 1. The molecule has 7 heteroatoms. The lowest BCUT2D eigenvalue weighted by Gasteiger charge is -2.30. The molecule has 0 bridgehead atoms. The molecule has 1 fully saturated rings. The zero-order valence-electron chi connectivity index (χ0n) is 9.51. The number of imide groups is 1. The number of amides is 3. The van der Waals surface area contributed by atoms with Crippen LogP contribution in [0.4, 0.5) is 10.5 Å². The number of hydrogen-bond acceptors (Lipinski definition) is 4. The second-order valence-corrected chi connectivity index (χ2v) is 4.24. The largest absolute Gasteiger partial charge is 0.328 e. The van der Waals surface area contributed by atoms with Crippen molar-refractivity contribution in [3.8, 4) is 0 Å². The van der Waals surface area contributed by atoms with Crippen LogP contribution < -0.4 is 10.2 Å². The highest BCUT2D eigenvalue weighted by atomic mass is 35.5. The number of pyridine rings is 1. The number of anilines is 1. The van der Waals surface area contributed by atoms with Gasteiger partial charge in [-0.15, -0.1) is 0 Å². The number of halogens is 1. The molecule has 1 aromatic heterocycles. The first-order valence-corrected chi connectivity index (χ1v) is 5.62. The Morgan fingerprint density at radius 1 is 1.56 bits per heavy atom. The lowest BCUT2D eigenvalue weighted by atomic mass is 10.0. The van der Waals surface area contributed by atoms with E-state index in [4.69, 9.17) is 11.6 Å². The molecule has 94 valence electrons. The molecule has 2 rings (SSSR count). The van der Waals surface area contributed by atoms with E-state index in [-0.39, 0.29) is 17.5 Å². The molecule has 6 nitrogen and oxygen atoms in total. The van der Waals surface area contributed by atoms with E-state index in [1.165, 1.54) is 18.0 Å². The average molecular weight is 268 g/mol. The Bertz CT molecular complexity index is 532. The molecule has 1 aromatic rings. The predicted molar refractivity (Wildman–Crippen MR) is 64.3 cm³/mol. The number of hydrogen-bond donors (Lipinski definition) is 1. The van der Waals surface area contributed by atoms with Crippen LogP contribution in [0.15, 0.2) is 18.3 Å². The van der Waals surface area contributed by atoms with Crippen LogP contribution in [0.2, 0.25) is 5.15 Å². The maximum absolute atomic E-state index is 11.7. The van der Waals surface area contributed by atoms with Crippen LogP contribution in [0, 0.1) is 5.92 Å². The molecule has 3 amide bonds. The summed E-state index contributed by atoms with van der Waals surface area (Å²) in [6, 6.07) is 2.61. The van der Waals surface area contributed by atoms with Gasteiger partial charge in [-0.1, -0.05) is 11.6 Å². The normalized spacial score (nSPS) is 19.7. The van der Waals surface area contributed by atoms with Crippen molar-refractivity contribution in [3.63, 3.8) is 0 Å². The van der Waals surface area contributed by atoms with Gasteiger partial charge in [-0.25, -0.2) is 9.78 Å². The Balaban J connectivity index is 2.33. The maximum Gasteiger partial charge on any atom is 0.328 e. The Kier molecular flexibility index (Phi) is 3.29. The number of Topliss-reactive ketones (excluding diaryl/α,β-unsaturated/α-hetero) is 1. The Morgan fingerprint density at radius 3 is 2.89 bits per heavy atom. The first-order chi connectivity index (χ1) is 8.50. The van der Waals surface area contributed by atoms with Crippen molar-refractivity contribution in [3.05, 3.63) is 23.5 Å². The summed E-state index contributed by atoms with van der Waals surface area (Å²) in [5, 5.41) is 2.27. The maximum atomic E-state index is 11.7. The summed E-state index contributed by atoms with van der Waals surface area (Å²) in [6.07, 6.45) is 1.49. The van der Waals surface area contributed by atoms with E-state index in [2.05, 4.69) is 10.3 Å². The smallest absolute Gasteiger partial charge is 0.299 e. The highest BCUT2D eigenvalue weighted by Gasteiger charge is 2.36. The molecule has 0 aromatic carbocycles. The number of aromatic nitrogens is 1. The molecule has 1 aliphatic rings. The van der Waals surface area contributed by atoms with Gasteiger partial charge in [-0.2, -0.15) is 0 Å². The molecule has 0 radical (unpaired) electrons. The molecule has 1 N–H and O–H groups in total. The fourth-order valence-electron chi connectivity index (χ4n) is 1.71. The van der Waals surface area contributed by atoms with Crippen LogP contribution in [-0.4, -0.2) is 29.3 Å². The summed E-state index contributed by atoms with van der Waals surface area (Å²) < 4.78 is 0. The quantitative estimate of drug-likeness (QED) is 0.640. The summed E-state index contributed by atoms with van der Waals surface area (Å²) >= 11 is 5.88. The molecule has 0 aliphatic carbocycles. The molecule has 1 unspecified atom stereocenters. The van der Waals surface area contributed by atoms with Crippen LogP contribution in [-0.2, 0) is 9.59 Å². The lowest BCUT2D eigenvalue weighted by molar-refractivity contribution is -0.132. The average Bonchev–Trinajstić information content (AvgIpc) is 2.30. The minimum Gasteiger partial charge on any atom is -0.299 e. The predicted octanol–water partition coefficient (Wildman–Crippen LogP) is 0.996. The fourth-order valence-corrected chi connectivity index (χ4v) is 1.93. The zero-order valence-corrected chi connectivity index (χ0v) is 10.3. The Morgan fingerprint density at radius 2 is 2.28 bits per heavy atom. The number of ketones is 1. The minimum absolute atomic E-state index is 0.0224. The van der Waals surface area contributed by atoms with E-state index >= 15 is 0 Å². The number of rotatable bonds is 2. The molecule has 1 atom stereocenters. The van der Waals surface area contributed by atoms with E-state index in [0.717, 1.165) is 0 Å². The summed E-state index contributed by atoms with van der Waals surface area (Å²) in [4.78, 5) is 39.6. The molecular weight excluding hydrogens is 258 g/mol. The Labute approximate surface area is 108 Å². The Hall–Kier alpha value is -1.95. The topological polar surface area (TPSA) is 79.4 Å². The van der Waals surface area contributed by atoms with Crippen molar-refractivity contribution in [2.75, 3.05) is 11.4 Å². The van der Waals surface area contributed by atoms with Gasteiger partial charge in [0.25, 0.3) is 0 Å². The summed E-state index contributed by atoms with van der Waals surface area (Å²) in [6.45, 7) is 1.29. The van der Waals surface area contributed by atoms with E-state index in [1.807, 2.05) is 0 Å². The molecule has 0 spiro atoms. The minimum atomic E-state index is -0.876. The van der Waals surface area contributed by atoms with Crippen molar-refractivity contribution in [1.82, 2.24) is 10.3 Å². The highest BCUT2D eigenvalue weighted by Crippen LogP contribution is 2.25. The van der Waals surface area contributed by atoms with Crippen molar-refractivity contribution in [2.24, 2.45) is 5.92 Å². The van der Waals surface area contributed by atoms with E-state index in [0.29, 0.717) is 5.69 Å². The highest BCUT2D eigenvalue weighted by molar-refractivity contribution is 6.32. The van der Waals surface area contributed by atoms with Gasteiger partial charge in [0, 0.05) is 12.7 Å². The van der Waals surface area contributed by atoms with Gasteiger partial charge in [0.15, 0.2) is 5.15 Å². The number of carbonyl (C=O) groups excluding carboxylic acids is 3. The summed E-state index contributed by atoms with van der Waals surface area (Å²) in [5.41, 5.74) is 0.371.